The minimum atomic E-state index is -2.56. The van der Waals surface area contributed by atoms with E-state index in [9.17, 15) is 13.6 Å². The average Bonchev–Trinajstić information content (AvgIpc) is 2.63. The molecule has 2 aromatic rings. The quantitative estimate of drug-likeness (QED) is 0.505. The van der Waals surface area contributed by atoms with E-state index in [-0.39, 0.29) is 23.2 Å². The smallest absolute Gasteiger partial charge is 0.320 e. The Morgan fingerprint density at radius 1 is 1.44 bits per heavy atom. The van der Waals surface area contributed by atoms with Crippen molar-refractivity contribution >= 4 is 35.0 Å². The fraction of sp³-hybridized carbons (Fsp3) is 0.312. The Bertz CT molecular complexity index is 810. The number of alkyl halides is 2. The molecule has 0 saturated heterocycles. The fourth-order valence-electron chi connectivity index (χ4n) is 2.15. The van der Waals surface area contributed by atoms with Gasteiger partial charge >= 0.3 is 5.97 Å². The van der Waals surface area contributed by atoms with Gasteiger partial charge < -0.3 is 26.2 Å². The number of nitrogens with one attached hydrogen (secondary N) is 2. The van der Waals surface area contributed by atoms with Crippen molar-refractivity contribution in [1.29, 1.82) is 0 Å². The lowest BCUT2D eigenvalue weighted by Crippen LogP contribution is -2.32. The number of anilines is 3. The second-order valence-electron chi connectivity index (χ2n) is 5.47. The second-order valence-corrected chi connectivity index (χ2v) is 5.88. The summed E-state index contributed by atoms with van der Waals surface area (Å²) in [5.74, 6) is -0.512. The van der Waals surface area contributed by atoms with Crippen LogP contribution in [0.15, 0.2) is 24.4 Å². The molecule has 11 heteroatoms. The molecule has 0 aliphatic rings. The van der Waals surface area contributed by atoms with E-state index in [2.05, 4.69) is 20.6 Å². The molecule has 0 fully saturated rings. The van der Waals surface area contributed by atoms with Gasteiger partial charge in [0.1, 0.15) is 16.8 Å². The SMILES string of the molecule is COc1cc(C[C@H](N)C(=O)O)ccc1Nc1ncc(Cl)c(NCC(F)F)n1. The molecular weight excluding hydrogens is 384 g/mol. The molecule has 0 aliphatic heterocycles. The maximum atomic E-state index is 12.3. The predicted octanol–water partition coefficient (Wildman–Crippen LogP) is 2.51. The number of nitrogens with two attached hydrogens (primary N) is 1. The van der Waals surface area contributed by atoms with Crippen LogP contribution in [0.25, 0.3) is 0 Å². The Morgan fingerprint density at radius 3 is 2.81 bits per heavy atom. The van der Waals surface area contributed by atoms with Gasteiger partial charge in [0.15, 0.2) is 5.82 Å². The third kappa shape index (κ3) is 5.90. The van der Waals surface area contributed by atoms with Gasteiger partial charge in [0.25, 0.3) is 6.43 Å². The van der Waals surface area contributed by atoms with E-state index >= 15 is 0 Å². The number of methoxy groups -OCH3 is 1. The van der Waals surface area contributed by atoms with E-state index in [4.69, 9.17) is 27.2 Å². The first-order valence-electron chi connectivity index (χ1n) is 7.77. The molecule has 146 valence electrons. The number of benzene rings is 1. The summed E-state index contributed by atoms with van der Waals surface area (Å²) in [6, 6.07) is 3.93. The third-order valence-electron chi connectivity index (χ3n) is 3.45. The van der Waals surface area contributed by atoms with Gasteiger partial charge in [0, 0.05) is 0 Å². The zero-order valence-corrected chi connectivity index (χ0v) is 15.0. The molecule has 0 saturated carbocycles. The monoisotopic (exact) mass is 401 g/mol. The maximum Gasteiger partial charge on any atom is 0.320 e. The topological polar surface area (TPSA) is 122 Å². The largest absolute Gasteiger partial charge is 0.495 e. The lowest BCUT2D eigenvalue weighted by molar-refractivity contribution is -0.138. The molecular formula is C16H18ClF2N5O3. The van der Waals surface area contributed by atoms with Crippen molar-refractivity contribution < 1.29 is 23.4 Å². The fourth-order valence-corrected chi connectivity index (χ4v) is 2.31. The number of ether oxygens (including phenoxy) is 1. The van der Waals surface area contributed by atoms with Gasteiger partial charge in [-0.25, -0.2) is 13.8 Å². The summed E-state index contributed by atoms with van der Waals surface area (Å²) < 4.78 is 30.0. The van der Waals surface area contributed by atoms with Gasteiger partial charge in [-0.15, -0.1) is 0 Å². The lowest BCUT2D eigenvalue weighted by atomic mass is 10.1. The van der Waals surface area contributed by atoms with Crippen LogP contribution in [0.1, 0.15) is 5.56 Å². The predicted molar refractivity (Wildman–Crippen MR) is 97.1 cm³/mol. The zero-order chi connectivity index (χ0) is 20.0. The average molecular weight is 402 g/mol. The van der Waals surface area contributed by atoms with Gasteiger partial charge in [-0.2, -0.15) is 4.98 Å². The second kappa shape index (κ2) is 9.28. The molecule has 0 spiro atoms. The molecule has 0 radical (unpaired) electrons. The molecule has 1 heterocycles. The van der Waals surface area contributed by atoms with Crippen LogP contribution in [-0.4, -0.2) is 47.2 Å². The van der Waals surface area contributed by atoms with Gasteiger partial charge in [0.05, 0.1) is 25.5 Å². The first kappa shape index (κ1) is 20.6. The highest BCUT2D eigenvalue weighted by Gasteiger charge is 2.15. The molecule has 2 rings (SSSR count). The molecule has 0 bridgehead atoms. The highest BCUT2D eigenvalue weighted by molar-refractivity contribution is 6.32. The molecule has 1 atom stereocenters. The first-order chi connectivity index (χ1) is 12.8. The van der Waals surface area contributed by atoms with Crippen molar-refractivity contribution in [3.05, 3.63) is 35.0 Å². The Hall–Kier alpha value is -2.72. The van der Waals surface area contributed by atoms with Crippen LogP contribution in [0.4, 0.5) is 26.2 Å². The lowest BCUT2D eigenvalue weighted by Gasteiger charge is -2.14. The van der Waals surface area contributed by atoms with E-state index in [1.54, 1.807) is 18.2 Å². The summed E-state index contributed by atoms with van der Waals surface area (Å²) in [6.07, 6.45) is -1.15. The van der Waals surface area contributed by atoms with E-state index in [1.165, 1.54) is 13.3 Å². The van der Waals surface area contributed by atoms with Crippen molar-refractivity contribution in [3.8, 4) is 5.75 Å². The highest BCUT2D eigenvalue weighted by Crippen LogP contribution is 2.29. The molecule has 0 unspecified atom stereocenters. The number of nitrogens with zero attached hydrogens (tertiary/aromatic N) is 2. The molecule has 0 amide bonds. The van der Waals surface area contributed by atoms with Crippen molar-refractivity contribution in [2.24, 2.45) is 5.73 Å². The van der Waals surface area contributed by atoms with Gasteiger partial charge in [-0.3, -0.25) is 4.79 Å². The van der Waals surface area contributed by atoms with Crippen LogP contribution in [0.2, 0.25) is 5.02 Å². The minimum absolute atomic E-state index is 0.0671. The molecule has 0 aliphatic carbocycles. The van der Waals surface area contributed by atoms with Crippen LogP contribution in [0, 0.1) is 0 Å². The van der Waals surface area contributed by atoms with Gasteiger partial charge in [-0.05, 0) is 24.1 Å². The highest BCUT2D eigenvalue weighted by atomic mass is 35.5. The van der Waals surface area contributed by atoms with Crippen LogP contribution >= 0.6 is 11.6 Å². The zero-order valence-electron chi connectivity index (χ0n) is 14.2. The summed E-state index contributed by atoms with van der Waals surface area (Å²) in [7, 11) is 1.44. The van der Waals surface area contributed by atoms with E-state index in [0.29, 0.717) is 17.0 Å². The van der Waals surface area contributed by atoms with Crippen LogP contribution < -0.4 is 21.1 Å². The molecule has 27 heavy (non-hydrogen) atoms. The maximum absolute atomic E-state index is 12.3. The summed E-state index contributed by atoms with van der Waals surface area (Å²) in [5.41, 5.74) is 6.70. The molecule has 8 nitrogen and oxygen atoms in total. The number of carboxylic acids is 1. The minimum Gasteiger partial charge on any atom is -0.495 e. The summed E-state index contributed by atoms with van der Waals surface area (Å²) in [5, 5.41) is 14.3. The Balaban J connectivity index is 2.19. The van der Waals surface area contributed by atoms with E-state index < -0.39 is 25.0 Å². The Morgan fingerprint density at radius 2 is 2.19 bits per heavy atom. The van der Waals surface area contributed by atoms with Crippen molar-refractivity contribution in [3.63, 3.8) is 0 Å². The summed E-state index contributed by atoms with van der Waals surface area (Å²) in [6.45, 7) is -0.599. The van der Waals surface area contributed by atoms with Gasteiger partial charge in [-0.1, -0.05) is 17.7 Å². The van der Waals surface area contributed by atoms with Gasteiger partial charge in [0.2, 0.25) is 5.95 Å². The molecule has 1 aromatic heterocycles. The van der Waals surface area contributed by atoms with Crippen molar-refractivity contribution in [1.82, 2.24) is 9.97 Å². The number of halogens is 3. The molecule has 5 N–H and O–H groups in total. The van der Waals surface area contributed by atoms with Crippen molar-refractivity contribution in [2.45, 2.75) is 18.9 Å². The normalized spacial score (nSPS) is 11.9. The van der Waals surface area contributed by atoms with E-state index in [0.717, 1.165) is 0 Å². The Labute approximate surface area is 158 Å². The number of carboxylic acid groups (broad SMARTS) is 1. The van der Waals surface area contributed by atoms with Crippen LogP contribution in [0.3, 0.4) is 0 Å². The number of rotatable bonds is 9. The summed E-state index contributed by atoms with van der Waals surface area (Å²) in [4.78, 5) is 18.9. The molecule has 1 aromatic carbocycles. The number of carbonyl (C=O) groups is 1. The van der Waals surface area contributed by atoms with E-state index in [1.807, 2.05) is 0 Å². The third-order valence-corrected chi connectivity index (χ3v) is 3.73. The number of hydrogen-bond acceptors (Lipinski definition) is 7. The number of hydrogen-bond donors (Lipinski definition) is 4. The van der Waals surface area contributed by atoms with Crippen LogP contribution in [-0.2, 0) is 11.2 Å². The number of aliphatic carboxylic acids is 1. The van der Waals surface area contributed by atoms with Crippen molar-refractivity contribution in [2.75, 3.05) is 24.3 Å². The first-order valence-corrected chi connectivity index (χ1v) is 8.14. The Kier molecular flexibility index (Phi) is 7.08. The number of aromatic nitrogens is 2. The van der Waals surface area contributed by atoms with Crippen LogP contribution in [0.5, 0.6) is 5.75 Å². The summed E-state index contributed by atoms with van der Waals surface area (Å²) >= 11 is 5.89. The standard InChI is InChI=1S/C16H18ClF2N5O3/c1-27-12-5-8(4-10(20)15(25)26)2-3-11(12)23-16-22-6-9(17)14(24-16)21-7-13(18)19/h2-3,5-6,10,13H,4,7,20H2,1H3,(H,25,26)(H2,21,22,23,24)/t10-/m0/s1.